The van der Waals surface area contributed by atoms with Gasteiger partial charge >= 0.3 is 0 Å². The summed E-state index contributed by atoms with van der Waals surface area (Å²) in [6.45, 7) is 5.12. The minimum atomic E-state index is -3.47. The molecule has 1 fully saturated rings. The molecule has 1 atom stereocenters. The number of sulfonamides is 1. The van der Waals surface area contributed by atoms with E-state index in [1.807, 2.05) is 13.8 Å². The van der Waals surface area contributed by atoms with Crippen molar-refractivity contribution in [2.24, 2.45) is 0 Å². The van der Waals surface area contributed by atoms with Gasteiger partial charge in [0.2, 0.25) is 10.0 Å². The second-order valence-corrected chi connectivity index (χ2v) is 7.63. The number of benzene rings is 1. The maximum absolute atomic E-state index is 12.7. The van der Waals surface area contributed by atoms with E-state index in [2.05, 4.69) is 5.32 Å². The first-order chi connectivity index (χ1) is 10.5. The molecule has 1 aromatic carbocycles. The number of piperidine rings is 1. The molecule has 0 aromatic heterocycles. The highest BCUT2D eigenvalue weighted by molar-refractivity contribution is 7.89. The van der Waals surface area contributed by atoms with E-state index in [1.54, 1.807) is 16.4 Å². The summed E-state index contributed by atoms with van der Waals surface area (Å²) in [5.41, 5.74) is 0.485. The van der Waals surface area contributed by atoms with Crippen molar-refractivity contribution < 1.29 is 13.2 Å². The van der Waals surface area contributed by atoms with Crippen LogP contribution in [-0.4, -0.2) is 37.8 Å². The van der Waals surface area contributed by atoms with Crippen molar-refractivity contribution in [3.05, 3.63) is 29.8 Å². The largest absolute Gasteiger partial charge is 0.352 e. The molecule has 22 heavy (non-hydrogen) atoms. The Morgan fingerprint density at radius 1 is 1.27 bits per heavy atom. The van der Waals surface area contributed by atoms with Crippen molar-refractivity contribution in [3.63, 3.8) is 0 Å². The second-order valence-electron chi connectivity index (χ2n) is 5.74. The van der Waals surface area contributed by atoms with Gasteiger partial charge in [-0.15, -0.1) is 0 Å². The summed E-state index contributed by atoms with van der Waals surface area (Å²) in [6, 6.07) is 6.24. The number of rotatable bonds is 5. The molecule has 6 heteroatoms. The van der Waals surface area contributed by atoms with Gasteiger partial charge in [-0.05, 0) is 50.5 Å². The molecule has 1 saturated heterocycles. The molecule has 1 aromatic rings. The Balaban J connectivity index is 2.16. The van der Waals surface area contributed by atoms with Crippen LogP contribution in [0, 0.1) is 0 Å². The van der Waals surface area contributed by atoms with Crippen molar-refractivity contribution >= 4 is 15.9 Å². The van der Waals surface area contributed by atoms with Gasteiger partial charge in [-0.25, -0.2) is 8.42 Å². The molecule has 1 N–H and O–H groups in total. The summed E-state index contributed by atoms with van der Waals surface area (Å²) in [6.07, 6.45) is 3.74. The molecule has 1 amide bonds. The van der Waals surface area contributed by atoms with E-state index in [-0.39, 0.29) is 16.8 Å². The second kappa shape index (κ2) is 7.24. The van der Waals surface area contributed by atoms with Crippen LogP contribution in [0.4, 0.5) is 0 Å². The van der Waals surface area contributed by atoms with Crippen molar-refractivity contribution in [2.75, 3.05) is 13.1 Å². The number of nitrogens with one attached hydrogen (secondary N) is 1. The number of nitrogens with zero attached hydrogens (tertiary/aromatic N) is 1. The molecule has 1 aliphatic heterocycles. The van der Waals surface area contributed by atoms with E-state index >= 15 is 0 Å². The Morgan fingerprint density at radius 2 is 1.95 bits per heavy atom. The van der Waals surface area contributed by atoms with E-state index in [1.165, 1.54) is 12.1 Å². The van der Waals surface area contributed by atoms with E-state index in [4.69, 9.17) is 0 Å². The standard InChI is InChI=1S/C16H24N2O3S/c1-3-11-17-16(19)14-7-9-15(10-8-14)22(20,21)18-12-5-4-6-13(18)2/h7-10,13H,3-6,11-12H2,1-2H3,(H,17,19). The average molecular weight is 324 g/mol. The monoisotopic (exact) mass is 324 g/mol. The van der Waals surface area contributed by atoms with E-state index in [0.29, 0.717) is 18.7 Å². The van der Waals surface area contributed by atoms with Gasteiger partial charge in [0.05, 0.1) is 4.90 Å². The highest BCUT2D eigenvalue weighted by Crippen LogP contribution is 2.25. The summed E-state index contributed by atoms with van der Waals surface area (Å²) in [5.74, 6) is -0.169. The molecule has 1 heterocycles. The Hall–Kier alpha value is -1.40. The summed E-state index contributed by atoms with van der Waals surface area (Å²) in [5, 5.41) is 2.78. The van der Waals surface area contributed by atoms with Gasteiger partial charge in [-0.1, -0.05) is 13.3 Å². The molecule has 0 saturated carbocycles. The number of amides is 1. The van der Waals surface area contributed by atoms with Crippen molar-refractivity contribution in [1.29, 1.82) is 0 Å². The minimum absolute atomic E-state index is 0.0336. The Bertz CT molecular complexity index is 611. The third-order valence-electron chi connectivity index (χ3n) is 4.00. The third-order valence-corrected chi connectivity index (χ3v) is 6.03. The number of hydrogen-bond donors (Lipinski definition) is 1. The lowest BCUT2D eigenvalue weighted by atomic mass is 10.1. The third kappa shape index (κ3) is 3.67. The van der Waals surface area contributed by atoms with Crippen LogP contribution in [-0.2, 0) is 10.0 Å². The van der Waals surface area contributed by atoms with Crippen molar-refractivity contribution in [2.45, 2.75) is 50.5 Å². The molecule has 122 valence electrons. The predicted molar refractivity (Wildman–Crippen MR) is 86.3 cm³/mol. The smallest absolute Gasteiger partial charge is 0.251 e. The van der Waals surface area contributed by atoms with Crippen LogP contribution in [0.5, 0.6) is 0 Å². The van der Waals surface area contributed by atoms with Gasteiger partial charge in [0.1, 0.15) is 0 Å². The summed E-state index contributed by atoms with van der Waals surface area (Å²) < 4.78 is 26.9. The highest BCUT2D eigenvalue weighted by Gasteiger charge is 2.30. The van der Waals surface area contributed by atoms with E-state index in [0.717, 1.165) is 25.7 Å². The number of carbonyl (C=O) groups excluding carboxylic acids is 1. The molecular formula is C16H24N2O3S. The van der Waals surface area contributed by atoms with Crippen LogP contribution in [0.2, 0.25) is 0 Å². The fourth-order valence-electron chi connectivity index (χ4n) is 2.68. The lowest BCUT2D eigenvalue weighted by Crippen LogP contribution is -2.41. The van der Waals surface area contributed by atoms with Gasteiger partial charge in [-0.2, -0.15) is 4.31 Å². The molecular weight excluding hydrogens is 300 g/mol. The first-order valence-corrected chi connectivity index (χ1v) is 9.31. The van der Waals surface area contributed by atoms with Crippen molar-refractivity contribution in [3.8, 4) is 0 Å². The molecule has 0 aliphatic carbocycles. The SMILES string of the molecule is CCCNC(=O)c1ccc(S(=O)(=O)N2CCCCC2C)cc1. The van der Waals surface area contributed by atoms with Gasteiger partial charge in [0.25, 0.3) is 5.91 Å². The van der Waals surface area contributed by atoms with Gasteiger partial charge in [0, 0.05) is 24.7 Å². The Kier molecular flexibility index (Phi) is 5.58. The van der Waals surface area contributed by atoms with Crippen LogP contribution >= 0.6 is 0 Å². The molecule has 0 radical (unpaired) electrons. The van der Waals surface area contributed by atoms with Gasteiger partial charge < -0.3 is 5.32 Å². The normalized spacial score (nSPS) is 19.8. The molecule has 2 rings (SSSR count). The highest BCUT2D eigenvalue weighted by atomic mass is 32.2. The lowest BCUT2D eigenvalue weighted by Gasteiger charge is -2.32. The summed E-state index contributed by atoms with van der Waals surface area (Å²) in [4.78, 5) is 12.1. The molecule has 5 nitrogen and oxygen atoms in total. The van der Waals surface area contributed by atoms with E-state index in [9.17, 15) is 13.2 Å². The maximum atomic E-state index is 12.7. The van der Waals surface area contributed by atoms with Gasteiger partial charge in [-0.3, -0.25) is 4.79 Å². The molecule has 0 spiro atoms. The van der Waals surface area contributed by atoms with Crippen LogP contribution in [0.15, 0.2) is 29.2 Å². The Morgan fingerprint density at radius 3 is 2.55 bits per heavy atom. The molecule has 1 unspecified atom stereocenters. The average Bonchev–Trinajstić information content (AvgIpc) is 2.53. The van der Waals surface area contributed by atoms with Gasteiger partial charge in [0.15, 0.2) is 0 Å². The topological polar surface area (TPSA) is 66.5 Å². The summed E-state index contributed by atoms with van der Waals surface area (Å²) in [7, 11) is -3.47. The zero-order valence-electron chi connectivity index (χ0n) is 13.2. The van der Waals surface area contributed by atoms with Crippen molar-refractivity contribution in [1.82, 2.24) is 9.62 Å². The lowest BCUT2D eigenvalue weighted by molar-refractivity contribution is 0.0953. The van der Waals surface area contributed by atoms with Crippen LogP contribution in [0.3, 0.4) is 0 Å². The van der Waals surface area contributed by atoms with Crippen LogP contribution < -0.4 is 5.32 Å². The van der Waals surface area contributed by atoms with Crippen LogP contribution in [0.25, 0.3) is 0 Å². The first kappa shape index (κ1) is 17.0. The minimum Gasteiger partial charge on any atom is -0.352 e. The number of hydrogen-bond acceptors (Lipinski definition) is 3. The predicted octanol–water partition coefficient (Wildman–Crippen LogP) is 2.39. The zero-order valence-corrected chi connectivity index (χ0v) is 14.0. The van der Waals surface area contributed by atoms with E-state index < -0.39 is 10.0 Å². The number of carbonyl (C=O) groups is 1. The first-order valence-electron chi connectivity index (χ1n) is 7.87. The molecule has 0 bridgehead atoms. The molecule has 1 aliphatic rings. The maximum Gasteiger partial charge on any atom is 0.251 e. The fraction of sp³-hybridized carbons (Fsp3) is 0.562. The van der Waals surface area contributed by atoms with Crippen LogP contribution in [0.1, 0.15) is 49.9 Å². The zero-order chi connectivity index (χ0) is 16.2. The summed E-state index contributed by atoms with van der Waals surface area (Å²) >= 11 is 0. The fourth-order valence-corrected chi connectivity index (χ4v) is 4.38. The Labute approximate surface area is 132 Å². The quantitative estimate of drug-likeness (QED) is 0.904.